The lowest BCUT2D eigenvalue weighted by atomic mass is 9.87. The van der Waals surface area contributed by atoms with Crippen molar-refractivity contribution in [3.8, 4) is 11.3 Å². The van der Waals surface area contributed by atoms with Gasteiger partial charge in [0.2, 0.25) is 0 Å². The summed E-state index contributed by atoms with van der Waals surface area (Å²) in [5.74, 6) is 0.735. The molecular formula is C18H23N3O3. The van der Waals surface area contributed by atoms with Crippen molar-refractivity contribution in [3.63, 3.8) is 0 Å². The van der Waals surface area contributed by atoms with Gasteiger partial charge in [-0.05, 0) is 12.3 Å². The van der Waals surface area contributed by atoms with E-state index >= 15 is 0 Å². The molecule has 0 unspecified atom stereocenters. The number of benzene rings is 1. The predicted molar refractivity (Wildman–Crippen MR) is 91.7 cm³/mol. The number of aromatic amines is 1. The summed E-state index contributed by atoms with van der Waals surface area (Å²) in [7, 11) is 0. The van der Waals surface area contributed by atoms with Crippen LogP contribution in [0.3, 0.4) is 0 Å². The number of aromatic nitrogens is 3. The van der Waals surface area contributed by atoms with E-state index in [0.29, 0.717) is 12.2 Å². The van der Waals surface area contributed by atoms with E-state index in [9.17, 15) is 9.59 Å². The number of hydrogen-bond donors (Lipinski definition) is 1. The topological polar surface area (TPSA) is 77.0 Å². The second kappa shape index (κ2) is 8.06. The van der Waals surface area contributed by atoms with E-state index in [4.69, 9.17) is 4.74 Å². The molecule has 1 aliphatic rings. The lowest BCUT2D eigenvalue weighted by Gasteiger charge is -2.21. The van der Waals surface area contributed by atoms with Crippen molar-refractivity contribution in [3.05, 3.63) is 51.2 Å². The van der Waals surface area contributed by atoms with Crippen molar-refractivity contribution in [1.82, 2.24) is 14.8 Å². The van der Waals surface area contributed by atoms with Gasteiger partial charge in [0.1, 0.15) is 6.73 Å². The van der Waals surface area contributed by atoms with Gasteiger partial charge in [-0.3, -0.25) is 9.78 Å². The van der Waals surface area contributed by atoms with Gasteiger partial charge < -0.3 is 4.74 Å². The zero-order valence-corrected chi connectivity index (χ0v) is 13.7. The van der Waals surface area contributed by atoms with Crippen molar-refractivity contribution >= 4 is 0 Å². The lowest BCUT2D eigenvalue weighted by Crippen LogP contribution is -2.34. The molecule has 1 aromatic carbocycles. The zero-order valence-electron chi connectivity index (χ0n) is 13.7. The number of nitrogens with one attached hydrogen (secondary N) is 1. The maximum absolute atomic E-state index is 12.0. The summed E-state index contributed by atoms with van der Waals surface area (Å²) in [5.41, 5.74) is -0.122. The molecule has 1 fully saturated rings. The van der Waals surface area contributed by atoms with Crippen molar-refractivity contribution < 1.29 is 4.74 Å². The van der Waals surface area contributed by atoms with Crippen LogP contribution in [0.25, 0.3) is 11.3 Å². The summed E-state index contributed by atoms with van der Waals surface area (Å²) in [5, 5.41) is 4.16. The average molecular weight is 329 g/mol. The third kappa shape index (κ3) is 4.20. The molecule has 1 N–H and O–H groups in total. The summed E-state index contributed by atoms with van der Waals surface area (Å²) in [4.78, 5) is 26.1. The third-order valence-electron chi connectivity index (χ3n) is 4.55. The van der Waals surface area contributed by atoms with Crippen molar-refractivity contribution in [2.75, 3.05) is 6.61 Å². The van der Waals surface area contributed by atoms with Crippen LogP contribution in [0.4, 0.5) is 0 Å². The average Bonchev–Trinajstić information content (AvgIpc) is 2.62. The molecule has 3 rings (SSSR count). The molecule has 0 spiro atoms. The highest BCUT2D eigenvalue weighted by Gasteiger charge is 2.13. The zero-order chi connectivity index (χ0) is 16.8. The standard InChI is InChI=1S/C18H23N3O3/c22-17-16(15-9-5-2-6-10-15)20-21(18(23)19-17)13-24-12-11-14-7-3-1-4-8-14/h2,5-6,9-10,14H,1,3-4,7-8,11-13H2,(H,19,22,23). The van der Waals surface area contributed by atoms with Crippen LogP contribution in [0.15, 0.2) is 39.9 Å². The Bertz CT molecular complexity index is 761. The lowest BCUT2D eigenvalue weighted by molar-refractivity contribution is 0.0520. The summed E-state index contributed by atoms with van der Waals surface area (Å²) in [6.45, 7) is 0.667. The Morgan fingerprint density at radius 1 is 1.12 bits per heavy atom. The van der Waals surface area contributed by atoms with Crippen LogP contribution in [0, 0.1) is 5.92 Å². The number of ether oxygens (including phenoxy) is 1. The van der Waals surface area contributed by atoms with Gasteiger partial charge in [0.15, 0.2) is 5.69 Å². The number of rotatable bonds is 6. The molecule has 1 aliphatic carbocycles. The second-order valence-corrected chi connectivity index (χ2v) is 6.30. The van der Waals surface area contributed by atoms with Crippen LogP contribution < -0.4 is 11.2 Å². The molecule has 6 heteroatoms. The first-order valence-electron chi connectivity index (χ1n) is 8.58. The quantitative estimate of drug-likeness (QED) is 0.826. The summed E-state index contributed by atoms with van der Waals surface area (Å²) in [6.07, 6.45) is 7.54. The van der Waals surface area contributed by atoms with E-state index in [-0.39, 0.29) is 12.4 Å². The second-order valence-electron chi connectivity index (χ2n) is 6.30. The maximum Gasteiger partial charge on any atom is 0.347 e. The monoisotopic (exact) mass is 329 g/mol. The molecule has 1 heterocycles. The first kappa shape index (κ1) is 16.6. The minimum Gasteiger partial charge on any atom is -0.359 e. The van der Waals surface area contributed by atoms with Crippen LogP contribution in [0.1, 0.15) is 38.5 Å². The number of nitrogens with zero attached hydrogens (tertiary/aromatic N) is 2. The fourth-order valence-corrected chi connectivity index (χ4v) is 3.18. The van der Waals surface area contributed by atoms with E-state index in [2.05, 4.69) is 10.1 Å². The van der Waals surface area contributed by atoms with Crippen LogP contribution in [0.5, 0.6) is 0 Å². The smallest absolute Gasteiger partial charge is 0.347 e. The van der Waals surface area contributed by atoms with Gasteiger partial charge in [-0.1, -0.05) is 62.4 Å². The minimum atomic E-state index is -0.544. The van der Waals surface area contributed by atoms with Gasteiger partial charge in [-0.25, -0.2) is 4.79 Å². The fraction of sp³-hybridized carbons (Fsp3) is 0.500. The fourth-order valence-electron chi connectivity index (χ4n) is 3.18. The molecule has 1 saturated carbocycles. The van der Waals surface area contributed by atoms with E-state index < -0.39 is 11.2 Å². The van der Waals surface area contributed by atoms with Gasteiger partial charge >= 0.3 is 5.69 Å². The van der Waals surface area contributed by atoms with E-state index in [1.165, 1.54) is 36.8 Å². The molecule has 0 bridgehead atoms. The van der Waals surface area contributed by atoms with Crippen LogP contribution in [-0.2, 0) is 11.5 Å². The van der Waals surface area contributed by atoms with Crippen LogP contribution >= 0.6 is 0 Å². The van der Waals surface area contributed by atoms with Crippen molar-refractivity contribution in [2.45, 2.75) is 45.3 Å². The highest BCUT2D eigenvalue weighted by molar-refractivity contribution is 5.56. The first-order chi connectivity index (χ1) is 11.7. The highest BCUT2D eigenvalue weighted by Crippen LogP contribution is 2.26. The molecule has 0 aliphatic heterocycles. The normalized spacial score (nSPS) is 15.5. The van der Waals surface area contributed by atoms with Gasteiger partial charge in [0, 0.05) is 12.2 Å². The molecule has 0 radical (unpaired) electrons. The summed E-state index contributed by atoms with van der Waals surface area (Å²) >= 11 is 0. The van der Waals surface area contributed by atoms with Crippen LogP contribution in [0.2, 0.25) is 0 Å². The number of H-pyrrole nitrogens is 1. The van der Waals surface area contributed by atoms with E-state index in [0.717, 1.165) is 12.3 Å². The van der Waals surface area contributed by atoms with Gasteiger partial charge in [0.05, 0.1) is 0 Å². The molecule has 6 nitrogen and oxygen atoms in total. The molecule has 0 atom stereocenters. The summed E-state index contributed by atoms with van der Waals surface area (Å²) in [6, 6.07) is 9.09. The SMILES string of the molecule is O=c1[nH]c(=O)n(COCCC2CCCCC2)nc1-c1ccccc1. The van der Waals surface area contributed by atoms with E-state index in [1.807, 2.05) is 18.2 Å². The molecule has 128 valence electrons. The van der Waals surface area contributed by atoms with Gasteiger partial charge in [0.25, 0.3) is 5.56 Å². The molecular weight excluding hydrogens is 306 g/mol. The molecule has 24 heavy (non-hydrogen) atoms. The van der Waals surface area contributed by atoms with E-state index in [1.54, 1.807) is 12.1 Å². The molecule has 0 saturated heterocycles. The highest BCUT2D eigenvalue weighted by atomic mass is 16.5. The van der Waals surface area contributed by atoms with Crippen molar-refractivity contribution in [2.24, 2.45) is 5.92 Å². The van der Waals surface area contributed by atoms with Crippen LogP contribution in [-0.4, -0.2) is 21.4 Å². The summed E-state index contributed by atoms with van der Waals surface area (Å²) < 4.78 is 6.78. The van der Waals surface area contributed by atoms with Gasteiger partial charge in [-0.15, -0.1) is 0 Å². The Labute approximate surface area is 140 Å². The van der Waals surface area contributed by atoms with Gasteiger partial charge in [-0.2, -0.15) is 9.78 Å². The molecule has 2 aromatic rings. The Balaban J connectivity index is 1.63. The minimum absolute atomic E-state index is 0.0577. The predicted octanol–water partition coefficient (Wildman–Crippen LogP) is 2.54. The first-order valence-corrected chi connectivity index (χ1v) is 8.58. The third-order valence-corrected chi connectivity index (χ3v) is 4.55. The molecule has 0 amide bonds. The molecule has 1 aromatic heterocycles. The Hall–Kier alpha value is -2.21. The Kier molecular flexibility index (Phi) is 5.59. The number of hydrogen-bond acceptors (Lipinski definition) is 4. The largest absolute Gasteiger partial charge is 0.359 e. The Morgan fingerprint density at radius 2 is 1.88 bits per heavy atom. The Morgan fingerprint density at radius 3 is 2.62 bits per heavy atom. The maximum atomic E-state index is 12.0. The van der Waals surface area contributed by atoms with Crippen molar-refractivity contribution in [1.29, 1.82) is 0 Å².